The van der Waals surface area contributed by atoms with Gasteiger partial charge >= 0.3 is 0 Å². The molecule has 0 atom stereocenters. The number of aromatic nitrogens is 1. The first-order valence-corrected chi connectivity index (χ1v) is 7.41. The van der Waals surface area contributed by atoms with Crippen molar-refractivity contribution >= 4 is 5.78 Å². The molecule has 0 saturated carbocycles. The highest BCUT2D eigenvalue weighted by molar-refractivity contribution is 6.07. The van der Waals surface area contributed by atoms with Crippen molar-refractivity contribution in [2.45, 2.75) is 33.1 Å². The summed E-state index contributed by atoms with van der Waals surface area (Å²) in [5.74, 6) is 0.743. The van der Waals surface area contributed by atoms with Crippen molar-refractivity contribution < 1.29 is 9.53 Å². The van der Waals surface area contributed by atoms with Gasteiger partial charge in [-0.3, -0.25) is 9.78 Å². The molecule has 1 aromatic carbocycles. The topological polar surface area (TPSA) is 39.2 Å². The van der Waals surface area contributed by atoms with Crippen LogP contribution in [0.15, 0.2) is 42.6 Å². The van der Waals surface area contributed by atoms with Crippen LogP contribution >= 0.6 is 0 Å². The lowest BCUT2D eigenvalue weighted by molar-refractivity contribution is 0.103. The standard InChI is InChI=1S/C18H21NO2/c1-3-4-5-12-21-16-9-7-15(8-10-16)18(20)17-11-6-14(2)13-19-17/h6-11,13H,3-5,12H2,1-2H3. The van der Waals surface area contributed by atoms with Gasteiger partial charge in [0.2, 0.25) is 5.78 Å². The Kier molecular flexibility index (Phi) is 5.50. The van der Waals surface area contributed by atoms with Gasteiger partial charge in [-0.15, -0.1) is 0 Å². The molecule has 0 aliphatic carbocycles. The van der Waals surface area contributed by atoms with Crippen LogP contribution in [-0.4, -0.2) is 17.4 Å². The smallest absolute Gasteiger partial charge is 0.211 e. The summed E-state index contributed by atoms with van der Waals surface area (Å²) >= 11 is 0. The Bertz CT molecular complexity index is 573. The lowest BCUT2D eigenvalue weighted by atomic mass is 10.1. The van der Waals surface area contributed by atoms with Crippen molar-refractivity contribution in [1.82, 2.24) is 4.98 Å². The summed E-state index contributed by atoms with van der Waals surface area (Å²) in [6, 6.07) is 10.9. The molecule has 0 radical (unpaired) electrons. The fourth-order valence-electron chi connectivity index (χ4n) is 1.99. The van der Waals surface area contributed by atoms with E-state index in [4.69, 9.17) is 4.74 Å². The molecule has 0 aliphatic heterocycles. The van der Waals surface area contributed by atoms with Gasteiger partial charge in [-0.2, -0.15) is 0 Å². The summed E-state index contributed by atoms with van der Waals surface area (Å²) in [7, 11) is 0. The molecule has 0 aliphatic rings. The molecule has 2 aromatic rings. The predicted molar refractivity (Wildman–Crippen MR) is 83.9 cm³/mol. The molecule has 0 spiro atoms. The van der Waals surface area contributed by atoms with E-state index in [0.29, 0.717) is 11.3 Å². The Morgan fingerprint density at radius 2 is 1.86 bits per heavy atom. The number of ether oxygens (including phenoxy) is 1. The van der Waals surface area contributed by atoms with Crippen LogP contribution in [-0.2, 0) is 0 Å². The summed E-state index contributed by atoms with van der Waals surface area (Å²) in [5, 5.41) is 0. The Balaban J connectivity index is 1.98. The molecule has 21 heavy (non-hydrogen) atoms. The molecule has 2 rings (SSSR count). The lowest BCUT2D eigenvalue weighted by Crippen LogP contribution is -2.04. The molecule has 1 heterocycles. The number of carbonyl (C=O) groups excluding carboxylic acids is 1. The number of hydrogen-bond donors (Lipinski definition) is 0. The molecule has 1 aromatic heterocycles. The number of benzene rings is 1. The summed E-state index contributed by atoms with van der Waals surface area (Å²) in [6.07, 6.45) is 5.12. The minimum absolute atomic E-state index is 0.0625. The van der Waals surface area contributed by atoms with Crippen molar-refractivity contribution in [2.75, 3.05) is 6.61 Å². The van der Waals surface area contributed by atoms with Crippen molar-refractivity contribution in [1.29, 1.82) is 0 Å². The number of hydrogen-bond acceptors (Lipinski definition) is 3. The van der Waals surface area contributed by atoms with Crippen molar-refractivity contribution in [3.63, 3.8) is 0 Å². The number of aryl methyl sites for hydroxylation is 1. The Hall–Kier alpha value is -2.16. The number of carbonyl (C=O) groups is 1. The van der Waals surface area contributed by atoms with E-state index in [2.05, 4.69) is 11.9 Å². The minimum Gasteiger partial charge on any atom is -0.494 e. The van der Waals surface area contributed by atoms with Crippen molar-refractivity contribution in [3.8, 4) is 5.75 Å². The normalized spacial score (nSPS) is 10.4. The summed E-state index contributed by atoms with van der Waals surface area (Å²) < 4.78 is 5.64. The first kappa shape index (κ1) is 15.2. The van der Waals surface area contributed by atoms with Crippen LogP contribution in [0.1, 0.15) is 47.8 Å². The summed E-state index contributed by atoms with van der Waals surface area (Å²) in [6.45, 7) is 4.84. The van der Waals surface area contributed by atoms with Crippen molar-refractivity contribution in [3.05, 3.63) is 59.4 Å². The molecule has 0 bridgehead atoms. The van der Waals surface area contributed by atoms with Crippen LogP contribution in [0.4, 0.5) is 0 Å². The van der Waals surface area contributed by atoms with Gasteiger partial charge in [0.25, 0.3) is 0 Å². The highest BCUT2D eigenvalue weighted by Gasteiger charge is 2.10. The monoisotopic (exact) mass is 283 g/mol. The van der Waals surface area contributed by atoms with Crippen LogP contribution in [0.3, 0.4) is 0 Å². The molecule has 110 valence electrons. The molecular weight excluding hydrogens is 262 g/mol. The zero-order valence-electron chi connectivity index (χ0n) is 12.6. The predicted octanol–water partition coefficient (Wildman–Crippen LogP) is 4.19. The molecule has 0 unspecified atom stereocenters. The Morgan fingerprint density at radius 3 is 2.48 bits per heavy atom. The summed E-state index contributed by atoms with van der Waals surface area (Å²) in [5.41, 5.74) is 2.15. The van der Waals surface area contributed by atoms with E-state index in [1.165, 1.54) is 12.8 Å². The number of rotatable bonds is 7. The zero-order valence-corrected chi connectivity index (χ0v) is 12.6. The van der Waals surface area contributed by atoms with Gasteiger partial charge in [0.15, 0.2) is 0 Å². The van der Waals surface area contributed by atoms with E-state index < -0.39 is 0 Å². The number of nitrogens with zero attached hydrogens (tertiary/aromatic N) is 1. The van der Waals surface area contributed by atoms with Crippen LogP contribution in [0.25, 0.3) is 0 Å². The molecule has 0 N–H and O–H groups in total. The SMILES string of the molecule is CCCCCOc1ccc(C(=O)c2ccc(C)cn2)cc1. The average molecular weight is 283 g/mol. The second-order valence-corrected chi connectivity index (χ2v) is 5.13. The third-order valence-corrected chi connectivity index (χ3v) is 3.28. The maximum absolute atomic E-state index is 12.3. The first-order chi connectivity index (χ1) is 10.2. The van der Waals surface area contributed by atoms with Gasteiger partial charge in [0, 0.05) is 11.8 Å². The third-order valence-electron chi connectivity index (χ3n) is 3.28. The number of pyridine rings is 1. The molecule has 0 amide bonds. The fraction of sp³-hybridized carbons (Fsp3) is 0.333. The molecular formula is C18H21NO2. The number of unbranched alkanes of at least 4 members (excludes halogenated alkanes) is 2. The van der Waals surface area contributed by atoms with Gasteiger partial charge in [0.05, 0.1) is 6.61 Å². The minimum atomic E-state index is -0.0625. The molecule has 3 nitrogen and oxygen atoms in total. The van der Waals surface area contributed by atoms with Crippen molar-refractivity contribution in [2.24, 2.45) is 0 Å². The molecule has 0 fully saturated rings. The van der Waals surface area contributed by atoms with E-state index >= 15 is 0 Å². The van der Waals surface area contributed by atoms with Gasteiger partial charge in [-0.25, -0.2) is 0 Å². The second-order valence-electron chi connectivity index (χ2n) is 5.13. The van der Waals surface area contributed by atoms with Gasteiger partial charge in [0.1, 0.15) is 11.4 Å². The lowest BCUT2D eigenvalue weighted by Gasteiger charge is -2.06. The van der Waals surface area contributed by atoms with Gasteiger partial charge in [-0.05, 0) is 49.2 Å². The molecule has 3 heteroatoms. The van der Waals surface area contributed by atoms with Crippen LogP contribution in [0, 0.1) is 6.92 Å². The maximum atomic E-state index is 12.3. The van der Waals surface area contributed by atoms with E-state index in [9.17, 15) is 4.79 Å². The zero-order chi connectivity index (χ0) is 15.1. The van der Waals surface area contributed by atoms with E-state index in [1.807, 2.05) is 25.1 Å². The fourth-order valence-corrected chi connectivity index (χ4v) is 1.99. The van der Waals surface area contributed by atoms with E-state index in [0.717, 1.165) is 24.3 Å². The molecule has 0 saturated heterocycles. The van der Waals surface area contributed by atoms with Crippen LogP contribution < -0.4 is 4.74 Å². The maximum Gasteiger partial charge on any atom is 0.211 e. The highest BCUT2D eigenvalue weighted by Crippen LogP contribution is 2.15. The quantitative estimate of drug-likeness (QED) is 0.565. The third kappa shape index (κ3) is 4.42. The first-order valence-electron chi connectivity index (χ1n) is 7.41. The van der Waals surface area contributed by atoms with Gasteiger partial charge < -0.3 is 4.74 Å². The van der Waals surface area contributed by atoms with Gasteiger partial charge in [-0.1, -0.05) is 25.8 Å². The largest absolute Gasteiger partial charge is 0.494 e. The van der Waals surface area contributed by atoms with E-state index in [1.54, 1.807) is 24.4 Å². The Labute approximate surface area is 126 Å². The Morgan fingerprint density at radius 1 is 1.10 bits per heavy atom. The number of ketones is 1. The summed E-state index contributed by atoms with van der Waals surface area (Å²) in [4.78, 5) is 16.4. The van der Waals surface area contributed by atoms with E-state index in [-0.39, 0.29) is 5.78 Å². The highest BCUT2D eigenvalue weighted by atomic mass is 16.5. The second kappa shape index (κ2) is 7.58. The average Bonchev–Trinajstić information content (AvgIpc) is 2.52. The van der Waals surface area contributed by atoms with Crippen LogP contribution in [0.5, 0.6) is 5.75 Å². The van der Waals surface area contributed by atoms with Crippen LogP contribution in [0.2, 0.25) is 0 Å².